The summed E-state index contributed by atoms with van der Waals surface area (Å²) in [4.78, 5) is 27.1. The van der Waals surface area contributed by atoms with Crippen LogP contribution in [0.5, 0.6) is 5.75 Å². The van der Waals surface area contributed by atoms with Crippen molar-refractivity contribution in [2.75, 3.05) is 6.61 Å². The fourth-order valence-electron chi connectivity index (χ4n) is 2.55. The summed E-state index contributed by atoms with van der Waals surface area (Å²) in [7, 11) is 0. The van der Waals surface area contributed by atoms with Gasteiger partial charge in [-0.2, -0.15) is 0 Å². The number of carbonyl (C=O) groups excluding carboxylic acids is 1. The highest BCUT2D eigenvalue weighted by molar-refractivity contribution is 6.13. The van der Waals surface area contributed by atoms with Gasteiger partial charge in [0, 0.05) is 22.8 Å². The van der Waals surface area contributed by atoms with Gasteiger partial charge in [0.1, 0.15) is 12.4 Å². The Hall–Kier alpha value is -3.74. The lowest BCUT2D eigenvalue weighted by molar-refractivity contribution is -0.385. The van der Waals surface area contributed by atoms with Crippen LogP contribution in [0.25, 0.3) is 6.08 Å². The molecule has 0 saturated carbocycles. The zero-order valence-corrected chi connectivity index (χ0v) is 15.5. The Labute approximate surface area is 161 Å². The third kappa shape index (κ3) is 4.15. The van der Waals surface area contributed by atoms with Crippen LogP contribution in [-0.4, -0.2) is 23.4 Å². The number of aliphatic imine (C=N–C) groups is 1. The molecule has 0 spiro atoms. The summed E-state index contributed by atoms with van der Waals surface area (Å²) in [6, 6.07) is 11.8. The van der Waals surface area contributed by atoms with Crippen LogP contribution in [0.4, 0.5) is 5.69 Å². The van der Waals surface area contributed by atoms with E-state index in [0.29, 0.717) is 29.0 Å². The van der Waals surface area contributed by atoms with Crippen molar-refractivity contribution in [1.82, 2.24) is 0 Å². The Morgan fingerprint density at radius 3 is 2.79 bits per heavy atom. The number of nitrogens with zero attached hydrogens (tertiary/aromatic N) is 2. The first-order valence-corrected chi connectivity index (χ1v) is 8.49. The molecule has 0 unspecified atom stereocenters. The van der Waals surface area contributed by atoms with Crippen molar-refractivity contribution in [3.8, 4) is 5.75 Å². The number of hydrogen-bond donors (Lipinski definition) is 0. The van der Waals surface area contributed by atoms with Crippen LogP contribution in [0, 0.1) is 17.0 Å². The lowest BCUT2D eigenvalue weighted by Crippen LogP contribution is -2.06. The van der Waals surface area contributed by atoms with Gasteiger partial charge in [-0.05, 0) is 37.6 Å². The molecule has 0 N–H and O–H groups in total. The molecule has 0 saturated heterocycles. The van der Waals surface area contributed by atoms with Crippen LogP contribution >= 0.6 is 0 Å². The average Bonchev–Trinajstić information content (AvgIpc) is 3.01. The van der Waals surface area contributed by atoms with Gasteiger partial charge in [-0.3, -0.25) is 10.1 Å². The Morgan fingerprint density at radius 2 is 2.07 bits per heavy atom. The number of cyclic esters (lactones) is 1. The molecule has 7 nitrogen and oxygen atoms in total. The van der Waals surface area contributed by atoms with E-state index in [9.17, 15) is 14.9 Å². The van der Waals surface area contributed by atoms with Crippen LogP contribution in [0.1, 0.15) is 23.6 Å². The van der Waals surface area contributed by atoms with E-state index < -0.39 is 10.9 Å². The normalized spacial score (nSPS) is 14.6. The molecular weight excluding hydrogens is 360 g/mol. The van der Waals surface area contributed by atoms with Crippen LogP contribution in [0.3, 0.4) is 0 Å². The van der Waals surface area contributed by atoms with Crippen molar-refractivity contribution in [2.45, 2.75) is 13.8 Å². The molecule has 1 heterocycles. The summed E-state index contributed by atoms with van der Waals surface area (Å²) in [6.45, 7) is 7.64. The van der Waals surface area contributed by atoms with Gasteiger partial charge in [0.05, 0.1) is 4.92 Å². The molecule has 2 aromatic rings. The van der Waals surface area contributed by atoms with Crippen LogP contribution in [0.15, 0.2) is 65.3 Å². The molecule has 1 aliphatic heterocycles. The zero-order valence-electron chi connectivity index (χ0n) is 15.5. The smallest absolute Gasteiger partial charge is 0.363 e. The Balaban J connectivity index is 1.94. The summed E-state index contributed by atoms with van der Waals surface area (Å²) >= 11 is 0. The van der Waals surface area contributed by atoms with E-state index in [1.807, 2.05) is 19.1 Å². The highest BCUT2D eigenvalue weighted by Gasteiger charge is 2.26. The van der Waals surface area contributed by atoms with Crippen molar-refractivity contribution in [1.29, 1.82) is 0 Å². The van der Waals surface area contributed by atoms with E-state index in [4.69, 9.17) is 9.47 Å². The van der Waals surface area contributed by atoms with Gasteiger partial charge in [-0.15, -0.1) is 0 Å². The van der Waals surface area contributed by atoms with Gasteiger partial charge in [0.15, 0.2) is 5.70 Å². The van der Waals surface area contributed by atoms with Crippen LogP contribution in [0.2, 0.25) is 0 Å². The van der Waals surface area contributed by atoms with Gasteiger partial charge in [-0.1, -0.05) is 30.8 Å². The predicted octanol–water partition coefficient (Wildman–Crippen LogP) is 4.20. The highest BCUT2D eigenvalue weighted by Crippen LogP contribution is 2.26. The third-order valence-electron chi connectivity index (χ3n) is 3.96. The number of rotatable bonds is 6. The summed E-state index contributed by atoms with van der Waals surface area (Å²) in [5.74, 6) is -0.0203. The summed E-state index contributed by atoms with van der Waals surface area (Å²) in [6.07, 6.45) is 1.56. The Bertz CT molecular complexity index is 1040. The molecule has 0 amide bonds. The second kappa shape index (κ2) is 7.87. The number of esters is 1. The zero-order chi connectivity index (χ0) is 20.3. The van der Waals surface area contributed by atoms with Crippen molar-refractivity contribution in [2.24, 2.45) is 4.99 Å². The Kier molecular flexibility index (Phi) is 5.35. The maximum Gasteiger partial charge on any atom is 0.363 e. The third-order valence-corrected chi connectivity index (χ3v) is 3.96. The fourth-order valence-corrected chi connectivity index (χ4v) is 2.55. The van der Waals surface area contributed by atoms with Crippen molar-refractivity contribution >= 4 is 23.6 Å². The maximum atomic E-state index is 12.2. The topological polar surface area (TPSA) is 91.0 Å². The molecule has 0 aromatic heterocycles. The molecule has 0 bridgehead atoms. The first-order valence-electron chi connectivity index (χ1n) is 8.49. The number of nitro benzene ring substituents is 1. The number of hydrogen-bond acceptors (Lipinski definition) is 6. The molecule has 1 aliphatic rings. The monoisotopic (exact) mass is 378 g/mol. The lowest BCUT2D eigenvalue weighted by atomic mass is 10.1. The maximum absolute atomic E-state index is 12.2. The standard InChI is InChI=1S/C21H18N2O5/c1-13(2)12-27-19-7-5-4-6-15(19)10-17-21(24)28-20(22-17)16-9-8-14(3)18(11-16)23(25)26/h4-11H,1,12H2,2-3H3. The molecular formula is C21H18N2O5. The molecule has 0 radical (unpaired) electrons. The van der Waals surface area contributed by atoms with Gasteiger partial charge >= 0.3 is 5.97 Å². The molecule has 7 heteroatoms. The number of para-hydroxylation sites is 1. The van der Waals surface area contributed by atoms with Crippen molar-refractivity contribution < 1.29 is 19.2 Å². The number of carbonyl (C=O) groups is 1. The van der Waals surface area contributed by atoms with Crippen molar-refractivity contribution in [3.05, 3.63) is 87.1 Å². The van der Waals surface area contributed by atoms with Crippen LogP contribution < -0.4 is 4.74 Å². The van der Waals surface area contributed by atoms with E-state index in [-0.39, 0.29) is 17.3 Å². The first-order chi connectivity index (χ1) is 13.3. The molecule has 142 valence electrons. The SMILES string of the molecule is C=C(C)COc1ccccc1C=C1N=C(c2ccc(C)c([N+](=O)[O-])c2)OC1=O. The number of ether oxygens (including phenoxy) is 2. The molecule has 3 rings (SSSR count). The minimum absolute atomic E-state index is 0.0275. The highest BCUT2D eigenvalue weighted by atomic mass is 16.6. The van der Waals surface area contributed by atoms with Gasteiger partial charge in [0.25, 0.3) is 5.69 Å². The van der Waals surface area contributed by atoms with E-state index in [0.717, 1.165) is 5.57 Å². The Morgan fingerprint density at radius 1 is 1.32 bits per heavy atom. The second-order valence-electron chi connectivity index (χ2n) is 6.38. The van der Waals surface area contributed by atoms with Crippen LogP contribution in [-0.2, 0) is 9.53 Å². The predicted molar refractivity (Wildman–Crippen MR) is 105 cm³/mol. The van der Waals surface area contributed by atoms with E-state index in [1.54, 1.807) is 37.3 Å². The summed E-state index contributed by atoms with van der Waals surface area (Å²) in [5, 5.41) is 11.1. The number of nitro groups is 1. The molecule has 0 aliphatic carbocycles. The quantitative estimate of drug-likeness (QED) is 0.247. The average molecular weight is 378 g/mol. The molecule has 0 fully saturated rings. The van der Waals surface area contributed by atoms with E-state index in [2.05, 4.69) is 11.6 Å². The molecule has 0 atom stereocenters. The summed E-state index contributed by atoms with van der Waals surface area (Å²) in [5.41, 5.74) is 2.43. The lowest BCUT2D eigenvalue weighted by Gasteiger charge is -2.08. The van der Waals surface area contributed by atoms with Gasteiger partial charge < -0.3 is 9.47 Å². The largest absolute Gasteiger partial charge is 0.489 e. The van der Waals surface area contributed by atoms with Gasteiger partial charge in [0.2, 0.25) is 5.90 Å². The van der Waals surface area contributed by atoms with Gasteiger partial charge in [-0.25, -0.2) is 9.79 Å². The first kappa shape index (κ1) is 19.0. The van der Waals surface area contributed by atoms with E-state index >= 15 is 0 Å². The number of benzene rings is 2. The second-order valence-corrected chi connectivity index (χ2v) is 6.38. The fraction of sp³-hybridized carbons (Fsp3) is 0.143. The van der Waals surface area contributed by atoms with E-state index in [1.165, 1.54) is 6.07 Å². The number of aryl methyl sites for hydroxylation is 1. The summed E-state index contributed by atoms with van der Waals surface area (Å²) < 4.78 is 10.9. The minimum Gasteiger partial charge on any atom is -0.489 e. The molecule has 2 aromatic carbocycles. The minimum atomic E-state index is -0.632. The van der Waals surface area contributed by atoms with Crippen molar-refractivity contribution in [3.63, 3.8) is 0 Å². The molecule has 28 heavy (non-hydrogen) atoms.